The van der Waals surface area contributed by atoms with Crippen molar-refractivity contribution in [2.75, 3.05) is 31.5 Å². The molecule has 0 saturated carbocycles. The Bertz CT molecular complexity index is 1370. The molecule has 3 aromatic heterocycles. The smallest absolute Gasteiger partial charge is 0.164 e. The van der Waals surface area contributed by atoms with Crippen LogP contribution in [0.3, 0.4) is 0 Å². The van der Waals surface area contributed by atoms with Gasteiger partial charge >= 0.3 is 0 Å². The van der Waals surface area contributed by atoms with Crippen molar-refractivity contribution >= 4 is 11.5 Å². The van der Waals surface area contributed by atoms with Gasteiger partial charge < -0.3 is 15.0 Å². The highest BCUT2D eigenvalue weighted by molar-refractivity contribution is 5.76. The van der Waals surface area contributed by atoms with Crippen molar-refractivity contribution in [2.45, 2.75) is 51.7 Å². The molecular formula is C30H37N7O. The molecule has 0 aromatic carbocycles. The predicted molar refractivity (Wildman–Crippen MR) is 151 cm³/mol. The fourth-order valence-corrected chi connectivity index (χ4v) is 6.18. The molecule has 0 amide bonds. The number of ether oxygens (including phenoxy) is 1. The number of aryl methyl sites for hydroxylation is 2. The quantitative estimate of drug-likeness (QED) is 0.474. The highest BCUT2D eigenvalue weighted by Crippen LogP contribution is 2.40. The number of likely N-dealkylation sites (tertiary alicyclic amines) is 2. The van der Waals surface area contributed by atoms with Crippen molar-refractivity contribution < 1.29 is 4.74 Å². The first kappa shape index (κ1) is 24.7. The molecule has 3 aromatic rings. The molecule has 8 heteroatoms. The summed E-state index contributed by atoms with van der Waals surface area (Å²) in [6.45, 7) is 13.2. The molecule has 198 valence electrons. The van der Waals surface area contributed by atoms with Crippen molar-refractivity contribution in [1.29, 1.82) is 0 Å². The van der Waals surface area contributed by atoms with Crippen molar-refractivity contribution in [1.82, 2.24) is 29.5 Å². The van der Waals surface area contributed by atoms with Crippen molar-refractivity contribution in [2.24, 2.45) is 7.05 Å². The highest BCUT2D eigenvalue weighted by atomic mass is 16.5. The van der Waals surface area contributed by atoms with Gasteiger partial charge in [-0.3, -0.25) is 14.6 Å². The fraction of sp³-hybridized carbons (Fsp3) is 0.433. The third kappa shape index (κ3) is 4.69. The predicted octanol–water partition coefficient (Wildman–Crippen LogP) is 5.17. The van der Waals surface area contributed by atoms with Crippen LogP contribution in [0.15, 0.2) is 55.2 Å². The monoisotopic (exact) mass is 511 g/mol. The molecule has 6 rings (SSSR count). The number of hydrogen-bond acceptors (Lipinski definition) is 7. The summed E-state index contributed by atoms with van der Waals surface area (Å²) < 4.78 is 8.15. The second kappa shape index (κ2) is 10.3. The van der Waals surface area contributed by atoms with Gasteiger partial charge in [-0.15, -0.1) is 0 Å². The summed E-state index contributed by atoms with van der Waals surface area (Å²) >= 11 is 0. The van der Waals surface area contributed by atoms with Gasteiger partial charge in [0.25, 0.3) is 0 Å². The summed E-state index contributed by atoms with van der Waals surface area (Å²) in [5.74, 6) is 2.10. The zero-order valence-corrected chi connectivity index (χ0v) is 22.7. The third-order valence-electron chi connectivity index (χ3n) is 8.24. The number of fused-ring (bicyclic) bond motifs is 2. The Hall–Kier alpha value is -3.65. The largest absolute Gasteiger partial charge is 0.485 e. The summed E-state index contributed by atoms with van der Waals surface area (Å²) in [5, 5.41) is 7.93. The number of aromatic nitrogens is 4. The van der Waals surface area contributed by atoms with Crippen LogP contribution in [-0.2, 0) is 13.7 Å². The molecular weight excluding hydrogens is 474 g/mol. The maximum Gasteiger partial charge on any atom is 0.164 e. The Morgan fingerprint density at radius 1 is 1.21 bits per heavy atom. The molecule has 2 fully saturated rings. The summed E-state index contributed by atoms with van der Waals surface area (Å²) in [7, 11) is 1.93. The Labute approximate surface area is 225 Å². The van der Waals surface area contributed by atoms with E-state index in [1.54, 1.807) is 0 Å². The van der Waals surface area contributed by atoms with Gasteiger partial charge in [0.05, 0.1) is 17.6 Å². The SMILES string of the molecule is C=C(/C=C/C)N1CCC(N2CCC(c3cc4c(c(C)n3)OCc3c(-c5cnn(C)c5)ccnc3N4)CC2)C1. The molecule has 8 nitrogen and oxygen atoms in total. The lowest BCUT2D eigenvalue weighted by Crippen LogP contribution is -2.42. The Balaban J connectivity index is 1.17. The first-order valence-corrected chi connectivity index (χ1v) is 13.7. The van der Waals surface area contributed by atoms with Crippen molar-refractivity contribution in [3.05, 3.63) is 72.1 Å². The van der Waals surface area contributed by atoms with Gasteiger partial charge in [0.1, 0.15) is 12.4 Å². The van der Waals surface area contributed by atoms with E-state index in [2.05, 4.69) is 63.8 Å². The minimum Gasteiger partial charge on any atom is -0.485 e. The summed E-state index contributed by atoms with van der Waals surface area (Å²) in [5.41, 5.74) is 7.35. The van der Waals surface area contributed by atoms with E-state index >= 15 is 0 Å². The van der Waals surface area contributed by atoms with E-state index in [0.29, 0.717) is 18.6 Å². The van der Waals surface area contributed by atoms with Crippen LogP contribution < -0.4 is 10.1 Å². The van der Waals surface area contributed by atoms with Crippen LogP contribution in [0, 0.1) is 6.92 Å². The lowest BCUT2D eigenvalue weighted by atomic mass is 9.91. The standard InChI is InChI=1S/C30H37N7O/c1-5-6-20(2)37-14-10-24(18-37)36-12-8-22(9-13-36)27-15-28-29(21(3)33-27)38-19-26-25(7-11-31-30(26)34-28)23-16-32-35(4)17-23/h5-7,11,15-17,22,24H,2,8-10,12-14,18-19H2,1,3-4H3,(H,31,34)/b6-5+. The molecule has 3 aliphatic heterocycles. The molecule has 3 aliphatic rings. The average molecular weight is 512 g/mol. The lowest BCUT2D eigenvalue weighted by Gasteiger charge is -2.36. The van der Waals surface area contributed by atoms with Gasteiger partial charge in [-0.05, 0) is 70.0 Å². The van der Waals surface area contributed by atoms with Gasteiger partial charge in [-0.25, -0.2) is 4.98 Å². The first-order chi connectivity index (χ1) is 18.5. The minimum atomic E-state index is 0.437. The van der Waals surface area contributed by atoms with Crippen LogP contribution in [0.1, 0.15) is 49.1 Å². The third-order valence-corrected chi connectivity index (χ3v) is 8.24. The summed E-state index contributed by atoms with van der Waals surface area (Å²) in [6.07, 6.45) is 13.4. The van der Waals surface area contributed by atoms with Crippen LogP contribution in [0.2, 0.25) is 0 Å². The topological polar surface area (TPSA) is 71.3 Å². The molecule has 2 saturated heterocycles. The van der Waals surface area contributed by atoms with E-state index in [0.717, 1.165) is 90.1 Å². The Kier molecular flexibility index (Phi) is 6.66. The number of rotatable bonds is 5. The maximum atomic E-state index is 6.33. The molecule has 38 heavy (non-hydrogen) atoms. The molecule has 1 unspecified atom stereocenters. The van der Waals surface area contributed by atoms with Crippen molar-refractivity contribution in [3.63, 3.8) is 0 Å². The molecule has 0 bridgehead atoms. The van der Waals surface area contributed by atoms with E-state index in [1.807, 2.05) is 36.4 Å². The number of piperidine rings is 1. The number of allylic oxidation sites excluding steroid dienone is 2. The second-order valence-corrected chi connectivity index (χ2v) is 10.7. The molecule has 1 N–H and O–H groups in total. The highest BCUT2D eigenvalue weighted by Gasteiger charge is 2.32. The average Bonchev–Trinajstić information content (AvgIpc) is 3.54. The lowest BCUT2D eigenvalue weighted by molar-refractivity contribution is 0.154. The van der Waals surface area contributed by atoms with E-state index < -0.39 is 0 Å². The Morgan fingerprint density at radius 3 is 2.82 bits per heavy atom. The zero-order valence-electron chi connectivity index (χ0n) is 22.7. The van der Waals surface area contributed by atoms with E-state index in [4.69, 9.17) is 9.72 Å². The maximum absolute atomic E-state index is 6.33. The summed E-state index contributed by atoms with van der Waals surface area (Å²) in [4.78, 5) is 14.8. The summed E-state index contributed by atoms with van der Waals surface area (Å²) in [6, 6.07) is 4.83. The minimum absolute atomic E-state index is 0.437. The molecule has 6 heterocycles. The fourth-order valence-electron chi connectivity index (χ4n) is 6.18. The van der Waals surface area contributed by atoms with Gasteiger partial charge in [0, 0.05) is 67.0 Å². The van der Waals surface area contributed by atoms with Crippen LogP contribution >= 0.6 is 0 Å². The first-order valence-electron chi connectivity index (χ1n) is 13.7. The van der Waals surface area contributed by atoms with E-state index in [9.17, 15) is 0 Å². The van der Waals surface area contributed by atoms with Crippen LogP contribution in [-0.4, -0.2) is 61.8 Å². The number of hydrogen-bond donors (Lipinski definition) is 1. The second-order valence-electron chi connectivity index (χ2n) is 10.7. The number of anilines is 2. The molecule has 1 atom stereocenters. The zero-order chi connectivity index (χ0) is 26.2. The number of nitrogens with zero attached hydrogens (tertiary/aromatic N) is 6. The molecule has 0 spiro atoms. The molecule has 0 radical (unpaired) electrons. The normalized spacial score (nSPS) is 20.1. The van der Waals surface area contributed by atoms with Gasteiger partial charge in [0.2, 0.25) is 0 Å². The van der Waals surface area contributed by atoms with Crippen molar-refractivity contribution in [3.8, 4) is 16.9 Å². The van der Waals surface area contributed by atoms with E-state index in [1.165, 1.54) is 6.42 Å². The van der Waals surface area contributed by atoms with Gasteiger partial charge in [0.15, 0.2) is 5.75 Å². The van der Waals surface area contributed by atoms with Gasteiger partial charge in [-0.2, -0.15) is 5.10 Å². The van der Waals surface area contributed by atoms with E-state index in [-0.39, 0.29) is 0 Å². The van der Waals surface area contributed by atoms with Crippen LogP contribution in [0.25, 0.3) is 11.1 Å². The van der Waals surface area contributed by atoms with Gasteiger partial charge in [-0.1, -0.05) is 12.7 Å². The van der Waals surface area contributed by atoms with Crippen LogP contribution in [0.4, 0.5) is 11.5 Å². The Morgan fingerprint density at radius 2 is 2.05 bits per heavy atom. The van der Waals surface area contributed by atoms with Crippen LogP contribution in [0.5, 0.6) is 5.75 Å². The molecule has 0 aliphatic carbocycles. The number of pyridine rings is 2. The number of nitrogens with one attached hydrogen (secondary N) is 1.